The summed E-state index contributed by atoms with van der Waals surface area (Å²) in [6.07, 6.45) is 0.298. The number of halogens is 2. The van der Waals surface area contributed by atoms with E-state index in [1.807, 2.05) is 13.0 Å². The normalized spacial score (nSPS) is 16.4. The molecule has 2 aromatic heterocycles. The summed E-state index contributed by atoms with van der Waals surface area (Å²) >= 11 is 0. The number of nitrogens with zero attached hydrogens (tertiary/aromatic N) is 2. The number of morpholine rings is 1. The Labute approximate surface area is 182 Å². The third-order valence-corrected chi connectivity index (χ3v) is 5.49. The predicted molar refractivity (Wildman–Crippen MR) is 113 cm³/mol. The fourth-order valence-corrected chi connectivity index (χ4v) is 3.98. The summed E-state index contributed by atoms with van der Waals surface area (Å²) in [5, 5.41) is 11.6. The van der Waals surface area contributed by atoms with Gasteiger partial charge in [0.15, 0.2) is 0 Å². The van der Waals surface area contributed by atoms with Crippen LogP contribution in [0.5, 0.6) is 0 Å². The number of aryl methyl sites for hydroxylation is 1. The second kappa shape index (κ2) is 8.54. The van der Waals surface area contributed by atoms with Crippen molar-refractivity contribution in [1.29, 1.82) is 0 Å². The molecule has 3 aromatic rings. The Morgan fingerprint density at radius 3 is 2.69 bits per heavy atom. The molecule has 1 atom stereocenters. The Bertz CT molecular complexity index is 1190. The molecule has 0 aliphatic carbocycles. The highest BCUT2D eigenvalue weighted by Gasteiger charge is 2.28. The summed E-state index contributed by atoms with van der Waals surface area (Å²) in [7, 11) is 1.38. The molecular weight excluding hydrogens is 422 g/mol. The Balaban J connectivity index is 1.82. The van der Waals surface area contributed by atoms with Crippen molar-refractivity contribution in [3.8, 4) is 11.3 Å². The second-order valence-corrected chi connectivity index (χ2v) is 7.71. The number of aromatic nitrogens is 2. The first-order chi connectivity index (χ1) is 15.3. The van der Waals surface area contributed by atoms with Crippen LogP contribution in [0.3, 0.4) is 0 Å². The van der Waals surface area contributed by atoms with E-state index in [9.17, 15) is 14.7 Å². The molecule has 1 aliphatic rings. The molecule has 0 bridgehead atoms. The number of fused-ring (bicyclic) bond motifs is 1. The number of pyridine rings is 1. The van der Waals surface area contributed by atoms with Crippen LogP contribution in [0.25, 0.3) is 22.3 Å². The number of carbonyl (C=O) groups is 2. The maximum Gasteiger partial charge on any atom is 0.407 e. The SMILES string of the molecule is CNC(=O)c1cc(F)c(-c2[nH]c3cc(C)cnc3c2C[C@H]2CN(C(=O)O)CCO2)c(F)c1. The van der Waals surface area contributed by atoms with Gasteiger partial charge in [-0.05, 0) is 30.7 Å². The van der Waals surface area contributed by atoms with Gasteiger partial charge >= 0.3 is 6.09 Å². The monoisotopic (exact) mass is 444 g/mol. The summed E-state index contributed by atoms with van der Waals surface area (Å²) in [5.74, 6) is -2.40. The van der Waals surface area contributed by atoms with Crippen LogP contribution in [0.2, 0.25) is 0 Å². The van der Waals surface area contributed by atoms with Gasteiger partial charge in [0.1, 0.15) is 11.6 Å². The Morgan fingerprint density at radius 2 is 2.03 bits per heavy atom. The fourth-order valence-electron chi connectivity index (χ4n) is 3.98. The zero-order chi connectivity index (χ0) is 23.0. The number of amides is 2. The first-order valence-electron chi connectivity index (χ1n) is 10.1. The molecule has 1 saturated heterocycles. The molecule has 2 amide bonds. The van der Waals surface area contributed by atoms with Crippen LogP contribution in [0, 0.1) is 18.6 Å². The van der Waals surface area contributed by atoms with Crippen molar-refractivity contribution in [2.24, 2.45) is 0 Å². The average molecular weight is 444 g/mol. The highest BCUT2D eigenvalue weighted by Crippen LogP contribution is 2.35. The van der Waals surface area contributed by atoms with E-state index in [1.165, 1.54) is 11.9 Å². The van der Waals surface area contributed by atoms with Crippen LogP contribution in [0.4, 0.5) is 13.6 Å². The Morgan fingerprint density at radius 1 is 1.31 bits per heavy atom. The lowest BCUT2D eigenvalue weighted by Crippen LogP contribution is -2.45. The maximum absolute atomic E-state index is 15.0. The standard InChI is InChI=1S/C22H22F2N4O4/c1-11-5-17-19(26-9-11)14(8-13-10-28(22(30)31)3-4-32-13)20(27-17)18-15(23)6-12(7-16(18)24)21(29)25-2/h5-7,9,13,27H,3-4,8,10H2,1-2H3,(H,25,29)(H,30,31)/t13-/m0/s1. The fraction of sp³-hybridized carbons (Fsp3) is 0.318. The number of carboxylic acid groups (broad SMARTS) is 1. The van der Waals surface area contributed by atoms with Gasteiger partial charge in [-0.3, -0.25) is 9.78 Å². The minimum absolute atomic E-state index is 0.133. The van der Waals surface area contributed by atoms with Crippen molar-refractivity contribution >= 4 is 23.0 Å². The summed E-state index contributed by atoms with van der Waals surface area (Å²) in [4.78, 5) is 31.9. The van der Waals surface area contributed by atoms with Crippen LogP contribution in [0.15, 0.2) is 24.4 Å². The smallest absolute Gasteiger partial charge is 0.407 e. The summed E-state index contributed by atoms with van der Waals surface area (Å²) in [6.45, 7) is 2.47. The largest absolute Gasteiger partial charge is 0.465 e. The Hall–Kier alpha value is -3.53. The molecule has 168 valence electrons. The third kappa shape index (κ3) is 4.01. The molecule has 4 rings (SSSR count). The molecule has 8 nitrogen and oxygen atoms in total. The van der Waals surface area contributed by atoms with Crippen molar-refractivity contribution in [1.82, 2.24) is 20.2 Å². The number of H-pyrrole nitrogens is 1. The molecule has 1 fully saturated rings. The van der Waals surface area contributed by atoms with Crippen LogP contribution in [-0.2, 0) is 11.2 Å². The van der Waals surface area contributed by atoms with Crippen LogP contribution >= 0.6 is 0 Å². The summed E-state index contributed by atoms with van der Waals surface area (Å²) < 4.78 is 35.8. The van der Waals surface area contributed by atoms with Gasteiger partial charge in [-0.1, -0.05) is 0 Å². The molecule has 0 unspecified atom stereocenters. The van der Waals surface area contributed by atoms with Gasteiger partial charge < -0.3 is 25.0 Å². The van der Waals surface area contributed by atoms with E-state index in [0.717, 1.165) is 17.7 Å². The molecular formula is C22H22F2N4O4. The quantitative estimate of drug-likeness (QED) is 0.573. The minimum Gasteiger partial charge on any atom is -0.465 e. The number of aromatic amines is 1. The van der Waals surface area contributed by atoms with Crippen molar-refractivity contribution in [3.63, 3.8) is 0 Å². The lowest BCUT2D eigenvalue weighted by Gasteiger charge is -2.31. The van der Waals surface area contributed by atoms with Crippen molar-refractivity contribution in [2.75, 3.05) is 26.7 Å². The molecule has 0 spiro atoms. The van der Waals surface area contributed by atoms with E-state index in [2.05, 4.69) is 15.3 Å². The highest BCUT2D eigenvalue weighted by atomic mass is 19.1. The van der Waals surface area contributed by atoms with Gasteiger partial charge in [-0.25, -0.2) is 13.6 Å². The lowest BCUT2D eigenvalue weighted by molar-refractivity contribution is -0.0208. The average Bonchev–Trinajstić information content (AvgIpc) is 3.09. The molecule has 3 N–H and O–H groups in total. The number of hydrogen-bond donors (Lipinski definition) is 3. The Kier molecular flexibility index (Phi) is 5.79. The molecule has 32 heavy (non-hydrogen) atoms. The molecule has 1 aliphatic heterocycles. The summed E-state index contributed by atoms with van der Waals surface area (Å²) in [5.41, 5.74) is 2.24. The van der Waals surface area contributed by atoms with Gasteiger partial charge in [0.25, 0.3) is 5.91 Å². The third-order valence-electron chi connectivity index (χ3n) is 5.49. The zero-order valence-electron chi connectivity index (χ0n) is 17.5. The number of nitrogens with one attached hydrogen (secondary N) is 2. The van der Waals surface area contributed by atoms with Gasteiger partial charge in [0.2, 0.25) is 0 Å². The van der Waals surface area contributed by atoms with E-state index in [1.54, 1.807) is 6.20 Å². The molecule has 0 radical (unpaired) electrons. The van der Waals surface area contributed by atoms with Gasteiger partial charge in [0.05, 0.1) is 41.5 Å². The lowest BCUT2D eigenvalue weighted by atomic mass is 9.99. The van der Waals surface area contributed by atoms with E-state index in [0.29, 0.717) is 16.6 Å². The van der Waals surface area contributed by atoms with E-state index in [4.69, 9.17) is 4.74 Å². The van der Waals surface area contributed by atoms with Crippen molar-refractivity contribution in [3.05, 3.63) is 52.7 Å². The number of benzene rings is 1. The van der Waals surface area contributed by atoms with E-state index in [-0.39, 0.29) is 42.9 Å². The summed E-state index contributed by atoms with van der Waals surface area (Å²) in [6, 6.07) is 3.78. The van der Waals surface area contributed by atoms with Crippen molar-refractivity contribution < 1.29 is 28.2 Å². The number of rotatable bonds is 4. The van der Waals surface area contributed by atoms with Gasteiger partial charge in [0, 0.05) is 37.3 Å². The van der Waals surface area contributed by atoms with Gasteiger partial charge in [-0.15, -0.1) is 0 Å². The molecule has 3 heterocycles. The molecule has 0 saturated carbocycles. The maximum atomic E-state index is 15.0. The van der Waals surface area contributed by atoms with E-state index >= 15 is 8.78 Å². The van der Waals surface area contributed by atoms with E-state index < -0.39 is 29.7 Å². The van der Waals surface area contributed by atoms with Gasteiger partial charge in [-0.2, -0.15) is 0 Å². The second-order valence-electron chi connectivity index (χ2n) is 7.71. The zero-order valence-corrected chi connectivity index (χ0v) is 17.5. The predicted octanol–water partition coefficient (Wildman–Crippen LogP) is 3.10. The number of hydrogen-bond acceptors (Lipinski definition) is 4. The minimum atomic E-state index is -1.05. The van der Waals surface area contributed by atoms with Crippen LogP contribution in [-0.4, -0.2) is 64.8 Å². The number of ether oxygens (including phenoxy) is 1. The number of carbonyl (C=O) groups excluding carboxylic acids is 1. The van der Waals surface area contributed by atoms with Crippen LogP contribution in [0.1, 0.15) is 21.5 Å². The molecule has 10 heteroatoms. The van der Waals surface area contributed by atoms with Crippen molar-refractivity contribution in [2.45, 2.75) is 19.4 Å². The first kappa shape index (κ1) is 21.7. The molecule has 1 aromatic carbocycles. The first-order valence-corrected chi connectivity index (χ1v) is 10.1. The van der Waals surface area contributed by atoms with Crippen LogP contribution < -0.4 is 5.32 Å². The topological polar surface area (TPSA) is 108 Å². The highest BCUT2D eigenvalue weighted by molar-refractivity contribution is 5.95.